The molecule has 2 aromatic rings. The first kappa shape index (κ1) is 23.4. The van der Waals surface area contributed by atoms with Crippen LogP contribution >= 0.6 is 0 Å². The normalized spacial score (nSPS) is 13.8. The molecule has 1 unspecified atom stereocenters. The molecule has 162 valence electrons. The predicted molar refractivity (Wildman–Crippen MR) is 110 cm³/mol. The van der Waals surface area contributed by atoms with E-state index >= 15 is 4.39 Å². The first-order valence-corrected chi connectivity index (χ1v) is 10.7. The molecule has 0 radical (unpaired) electrons. The van der Waals surface area contributed by atoms with E-state index in [1.807, 2.05) is 0 Å². The largest absolute Gasteiger partial charge is 0.481 e. The van der Waals surface area contributed by atoms with Gasteiger partial charge in [0.2, 0.25) is 10.0 Å². The Kier molecular flexibility index (Phi) is 6.94. The number of halogens is 1. The van der Waals surface area contributed by atoms with Crippen molar-refractivity contribution >= 4 is 21.7 Å². The van der Waals surface area contributed by atoms with Crippen LogP contribution in [0.15, 0.2) is 42.5 Å². The Labute approximate surface area is 173 Å². The minimum absolute atomic E-state index is 0.0849. The summed E-state index contributed by atoms with van der Waals surface area (Å²) in [5, 5.41) is 19.5. The lowest BCUT2D eigenvalue weighted by Crippen LogP contribution is -2.39. The minimum atomic E-state index is -3.61. The highest BCUT2D eigenvalue weighted by Gasteiger charge is 2.29. The lowest BCUT2D eigenvalue weighted by Gasteiger charge is -2.22. The van der Waals surface area contributed by atoms with E-state index in [1.165, 1.54) is 45.0 Å². The van der Waals surface area contributed by atoms with Crippen LogP contribution in [0.5, 0.6) is 0 Å². The van der Waals surface area contributed by atoms with Crippen LogP contribution in [-0.2, 0) is 26.9 Å². The highest BCUT2D eigenvalue weighted by atomic mass is 32.2. The summed E-state index contributed by atoms with van der Waals surface area (Å²) >= 11 is 0. The Morgan fingerprint density at radius 3 is 2.27 bits per heavy atom. The number of alkyl halides is 1. The summed E-state index contributed by atoms with van der Waals surface area (Å²) in [6.45, 7) is 3.82. The molecule has 0 saturated carbocycles. The minimum Gasteiger partial charge on any atom is -0.481 e. The van der Waals surface area contributed by atoms with E-state index in [4.69, 9.17) is 5.11 Å². The summed E-state index contributed by atoms with van der Waals surface area (Å²) in [5.74, 6) is -1.18. The van der Waals surface area contributed by atoms with Gasteiger partial charge in [0.05, 0.1) is 16.6 Å². The van der Waals surface area contributed by atoms with Crippen molar-refractivity contribution in [3.63, 3.8) is 0 Å². The highest BCUT2D eigenvalue weighted by molar-refractivity contribution is 7.90. The molecule has 8 nitrogen and oxygen atoms in total. The van der Waals surface area contributed by atoms with Gasteiger partial charge in [-0.05, 0) is 37.5 Å². The van der Waals surface area contributed by atoms with Crippen LogP contribution in [0.2, 0.25) is 0 Å². The van der Waals surface area contributed by atoms with E-state index < -0.39 is 44.8 Å². The van der Waals surface area contributed by atoms with E-state index in [9.17, 15) is 23.3 Å². The van der Waals surface area contributed by atoms with Gasteiger partial charge in [-0.1, -0.05) is 36.4 Å². The number of sulfonamides is 1. The van der Waals surface area contributed by atoms with Crippen LogP contribution in [0.1, 0.15) is 31.9 Å². The number of carboxylic acids is 1. The molecule has 0 aromatic heterocycles. The van der Waals surface area contributed by atoms with E-state index in [2.05, 4.69) is 4.72 Å². The van der Waals surface area contributed by atoms with Crippen molar-refractivity contribution in [2.45, 2.75) is 38.1 Å². The standard InChI is InChI=1S/C20H23FN2O6S/c1-13(2)30(28,29)22-12-20(3,21)17-8-6-14(7-9-17)15-4-5-16(11-19(24)25)18(10-15)23(26)27/h4-10,13,22H,11-12H2,1-3H3,(H,24,25). The molecule has 0 bridgehead atoms. The Bertz CT molecular complexity index is 1050. The quantitative estimate of drug-likeness (QED) is 0.456. The number of nitro benzene ring substituents is 1. The molecule has 0 heterocycles. The predicted octanol–water partition coefficient (Wildman–Crippen LogP) is 3.40. The van der Waals surface area contributed by atoms with Gasteiger partial charge in [0.1, 0.15) is 5.67 Å². The van der Waals surface area contributed by atoms with Crippen molar-refractivity contribution in [1.29, 1.82) is 0 Å². The summed E-state index contributed by atoms with van der Waals surface area (Å²) in [5.41, 5.74) is -0.892. The van der Waals surface area contributed by atoms with E-state index in [0.717, 1.165) is 0 Å². The number of rotatable bonds is 9. The molecule has 0 spiro atoms. The number of nitro groups is 1. The summed E-state index contributed by atoms with van der Waals surface area (Å²) in [6.07, 6.45) is -0.470. The third-order valence-electron chi connectivity index (χ3n) is 4.67. The van der Waals surface area contributed by atoms with Gasteiger partial charge in [0.15, 0.2) is 0 Å². The molecule has 0 aliphatic rings. The van der Waals surface area contributed by atoms with Gasteiger partial charge in [-0.25, -0.2) is 17.5 Å². The third-order valence-corrected chi connectivity index (χ3v) is 6.46. The second-order valence-electron chi connectivity index (χ2n) is 7.36. The van der Waals surface area contributed by atoms with Gasteiger partial charge >= 0.3 is 5.97 Å². The molecule has 10 heteroatoms. The van der Waals surface area contributed by atoms with Gasteiger partial charge in [0, 0.05) is 18.2 Å². The number of hydrogen-bond acceptors (Lipinski definition) is 5. The van der Waals surface area contributed by atoms with Gasteiger partial charge in [-0.3, -0.25) is 14.9 Å². The number of hydrogen-bond donors (Lipinski definition) is 2. The van der Waals surface area contributed by atoms with Crippen LogP contribution in [0, 0.1) is 10.1 Å². The van der Waals surface area contributed by atoms with Crippen LogP contribution in [0.25, 0.3) is 11.1 Å². The van der Waals surface area contributed by atoms with Gasteiger partial charge in [0.25, 0.3) is 5.69 Å². The zero-order chi connectivity index (χ0) is 22.7. The van der Waals surface area contributed by atoms with Crippen molar-refractivity contribution in [2.75, 3.05) is 6.54 Å². The topological polar surface area (TPSA) is 127 Å². The van der Waals surface area contributed by atoms with Crippen molar-refractivity contribution in [3.05, 3.63) is 63.7 Å². The fourth-order valence-corrected chi connectivity index (χ4v) is 3.55. The molecule has 2 N–H and O–H groups in total. The fraction of sp³-hybridized carbons (Fsp3) is 0.350. The molecular weight excluding hydrogens is 415 g/mol. The van der Waals surface area contributed by atoms with Crippen molar-refractivity contribution in [1.82, 2.24) is 4.72 Å². The Balaban J connectivity index is 2.27. The van der Waals surface area contributed by atoms with E-state index in [-0.39, 0.29) is 16.8 Å². The second kappa shape index (κ2) is 8.88. The third kappa shape index (κ3) is 5.61. The number of nitrogens with zero attached hydrogens (tertiary/aromatic N) is 1. The van der Waals surface area contributed by atoms with Crippen molar-refractivity contribution in [3.8, 4) is 11.1 Å². The molecule has 2 rings (SSSR count). The van der Waals surface area contributed by atoms with Gasteiger partial charge in [-0.2, -0.15) is 0 Å². The van der Waals surface area contributed by atoms with E-state index in [0.29, 0.717) is 11.1 Å². The molecule has 0 amide bonds. The average Bonchev–Trinajstić information content (AvgIpc) is 2.66. The molecule has 0 saturated heterocycles. The number of carboxylic acid groups (broad SMARTS) is 1. The first-order chi connectivity index (χ1) is 13.8. The molecule has 30 heavy (non-hydrogen) atoms. The maximum Gasteiger partial charge on any atom is 0.308 e. The SMILES string of the molecule is CC(C)S(=O)(=O)NCC(C)(F)c1ccc(-c2ccc(CC(=O)O)c([N+](=O)[O-])c2)cc1. The van der Waals surface area contributed by atoms with Crippen LogP contribution in [0.4, 0.5) is 10.1 Å². The Morgan fingerprint density at radius 2 is 1.77 bits per heavy atom. The molecule has 0 aliphatic carbocycles. The molecule has 0 fully saturated rings. The van der Waals surface area contributed by atoms with Gasteiger partial charge < -0.3 is 5.11 Å². The maximum atomic E-state index is 15.0. The van der Waals surface area contributed by atoms with Crippen LogP contribution < -0.4 is 4.72 Å². The number of carbonyl (C=O) groups is 1. The van der Waals surface area contributed by atoms with Crippen LogP contribution in [-0.4, -0.2) is 36.2 Å². The van der Waals surface area contributed by atoms with Crippen molar-refractivity contribution < 1.29 is 27.6 Å². The smallest absolute Gasteiger partial charge is 0.308 e. The van der Waals surface area contributed by atoms with Crippen LogP contribution in [0.3, 0.4) is 0 Å². The van der Waals surface area contributed by atoms with E-state index in [1.54, 1.807) is 18.2 Å². The Morgan fingerprint density at radius 1 is 1.20 bits per heavy atom. The Hall–Kier alpha value is -2.85. The summed E-state index contributed by atoms with van der Waals surface area (Å²) in [6, 6.07) is 10.3. The monoisotopic (exact) mass is 438 g/mol. The number of aliphatic carboxylic acids is 1. The summed E-state index contributed by atoms with van der Waals surface area (Å²) < 4.78 is 41.0. The second-order valence-corrected chi connectivity index (χ2v) is 9.68. The summed E-state index contributed by atoms with van der Waals surface area (Å²) in [7, 11) is -3.61. The highest BCUT2D eigenvalue weighted by Crippen LogP contribution is 2.31. The number of benzene rings is 2. The zero-order valence-corrected chi connectivity index (χ0v) is 17.6. The molecule has 1 atom stereocenters. The first-order valence-electron chi connectivity index (χ1n) is 9.11. The van der Waals surface area contributed by atoms with Crippen molar-refractivity contribution in [2.24, 2.45) is 0 Å². The molecular formula is C20H23FN2O6S. The number of nitrogens with one attached hydrogen (secondary N) is 1. The average molecular weight is 438 g/mol. The molecule has 0 aliphatic heterocycles. The maximum absolute atomic E-state index is 15.0. The zero-order valence-electron chi connectivity index (χ0n) is 16.8. The lowest BCUT2D eigenvalue weighted by atomic mass is 9.94. The fourth-order valence-electron chi connectivity index (χ4n) is 2.74. The molecule has 2 aromatic carbocycles. The van der Waals surface area contributed by atoms with Gasteiger partial charge in [-0.15, -0.1) is 0 Å². The summed E-state index contributed by atoms with van der Waals surface area (Å²) in [4.78, 5) is 21.5. The lowest BCUT2D eigenvalue weighted by molar-refractivity contribution is -0.385.